The zero-order valence-corrected chi connectivity index (χ0v) is 7.33. The average molecular weight is 159 g/mol. The number of hydrogen-bond donors (Lipinski definition) is 0. The number of hydrogen-bond acceptors (Lipinski definition) is 1. The molecular weight excluding hydrogens is 146 g/mol. The van der Waals surface area contributed by atoms with Crippen LogP contribution in [0.2, 0.25) is 0 Å². The smallest absolute Gasteiger partial charge is 0.0508 e. The van der Waals surface area contributed by atoms with Gasteiger partial charge < -0.3 is 4.90 Å². The van der Waals surface area contributed by atoms with Gasteiger partial charge in [-0.1, -0.05) is 24.3 Å². The first-order valence-corrected chi connectivity index (χ1v) is 4.26. The summed E-state index contributed by atoms with van der Waals surface area (Å²) in [6, 6.07) is 9.02. The summed E-state index contributed by atoms with van der Waals surface area (Å²) in [4.78, 5) is 2.28. The van der Waals surface area contributed by atoms with E-state index in [0.29, 0.717) is 6.04 Å². The van der Waals surface area contributed by atoms with Gasteiger partial charge in [-0.15, -0.1) is 6.58 Å². The SMILES string of the molecule is C=CC1Cc2ccccc2N1C. The molecule has 0 N–H and O–H groups in total. The molecule has 1 unspecified atom stereocenters. The van der Waals surface area contributed by atoms with Gasteiger partial charge in [0.05, 0.1) is 6.04 Å². The second-order valence-corrected chi connectivity index (χ2v) is 3.25. The fourth-order valence-electron chi connectivity index (χ4n) is 1.81. The van der Waals surface area contributed by atoms with Gasteiger partial charge in [-0.25, -0.2) is 0 Å². The lowest BCUT2D eigenvalue weighted by Crippen LogP contribution is -2.24. The lowest BCUT2D eigenvalue weighted by Gasteiger charge is -2.18. The highest BCUT2D eigenvalue weighted by Gasteiger charge is 2.22. The average Bonchev–Trinajstić information content (AvgIpc) is 2.44. The van der Waals surface area contributed by atoms with E-state index in [-0.39, 0.29) is 0 Å². The molecule has 1 atom stereocenters. The molecule has 1 aromatic carbocycles. The lowest BCUT2D eigenvalue weighted by molar-refractivity contribution is 0.803. The van der Waals surface area contributed by atoms with Crippen molar-refractivity contribution in [2.24, 2.45) is 0 Å². The Kier molecular flexibility index (Phi) is 1.65. The minimum absolute atomic E-state index is 0.488. The van der Waals surface area contributed by atoms with Gasteiger partial charge >= 0.3 is 0 Å². The number of likely N-dealkylation sites (N-methyl/N-ethyl adjacent to an activating group) is 1. The molecule has 0 spiro atoms. The van der Waals surface area contributed by atoms with E-state index in [1.54, 1.807) is 0 Å². The Morgan fingerprint density at radius 1 is 1.50 bits per heavy atom. The first-order chi connectivity index (χ1) is 5.83. The molecule has 1 aromatic rings. The predicted octanol–water partition coefficient (Wildman–Crippen LogP) is 2.23. The first kappa shape index (κ1) is 7.41. The van der Waals surface area contributed by atoms with Crippen LogP contribution in [0.4, 0.5) is 5.69 Å². The third kappa shape index (κ3) is 0.934. The van der Waals surface area contributed by atoms with E-state index < -0.39 is 0 Å². The summed E-state index contributed by atoms with van der Waals surface area (Å²) < 4.78 is 0. The summed E-state index contributed by atoms with van der Waals surface area (Å²) >= 11 is 0. The van der Waals surface area contributed by atoms with Gasteiger partial charge in [0.25, 0.3) is 0 Å². The van der Waals surface area contributed by atoms with E-state index in [2.05, 4.69) is 42.8 Å². The van der Waals surface area contributed by atoms with Crippen LogP contribution in [0.3, 0.4) is 0 Å². The molecule has 12 heavy (non-hydrogen) atoms. The summed E-state index contributed by atoms with van der Waals surface area (Å²) in [6.07, 6.45) is 3.12. The monoisotopic (exact) mass is 159 g/mol. The van der Waals surface area contributed by atoms with E-state index in [9.17, 15) is 0 Å². The summed E-state index contributed by atoms with van der Waals surface area (Å²) in [5, 5.41) is 0. The molecule has 0 fully saturated rings. The van der Waals surface area contributed by atoms with Crippen molar-refractivity contribution < 1.29 is 0 Å². The third-order valence-corrected chi connectivity index (χ3v) is 2.57. The summed E-state index contributed by atoms with van der Waals surface area (Å²) in [6.45, 7) is 3.83. The van der Waals surface area contributed by atoms with Gasteiger partial charge in [0, 0.05) is 12.7 Å². The second kappa shape index (κ2) is 2.67. The standard InChI is InChI=1S/C11H13N/c1-3-10-8-9-6-4-5-7-11(9)12(10)2/h3-7,10H,1,8H2,2H3. The van der Waals surface area contributed by atoms with Crippen LogP contribution in [-0.2, 0) is 6.42 Å². The quantitative estimate of drug-likeness (QED) is 0.568. The van der Waals surface area contributed by atoms with E-state index in [4.69, 9.17) is 0 Å². The number of rotatable bonds is 1. The molecule has 62 valence electrons. The molecule has 0 saturated heterocycles. The highest BCUT2D eigenvalue weighted by atomic mass is 15.1. The first-order valence-electron chi connectivity index (χ1n) is 4.26. The molecule has 1 aliphatic rings. The van der Waals surface area contributed by atoms with E-state index >= 15 is 0 Å². The van der Waals surface area contributed by atoms with Crippen molar-refractivity contribution in [3.05, 3.63) is 42.5 Å². The number of para-hydroxylation sites is 1. The molecule has 1 heteroatoms. The predicted molar refractivity (Wildman–Crippen MR) is 52.5 cm³/mol. The van der Waals surface area contributed by atoms with E-state index in [1.165, 1.54) is 11.3 Å². The lowest BCUT2D eigenvalue weighted by atomic mass is 10.1. The highest BCUT2D eigenvalue weighted by Crippen LogP contribution is 2.30. The molecule has 0 saturated carbocycles. The Hall–Kier alpha value is -1.24. The minimum Gasteiger partial charge on any atom is -0.368 e. The van der Waals surface area contributed by atoms with Gasteiger partial charge in [0.2, 0.25) is 0 Å². The largest absolute Gasteiger partial charge is 0.368 e. The normalized spacial score (nSPS) is 20.8. The summed E-state index contributed by atoms with van der Waals surface area (Å²) in [5.74, 6) is 0. The van der Waals surface area contributed by atoms with Gasteiger partial charge in [0.15, 0.2) is 0 Å². The van der Waals surface area contributed by atoms with Gasteiger partial charge in [-0.05, 0) is 18.1 Å². The van der Waals surface area contributed by atoms with Crippen LogP contribution in [0, 0.1) is 0 Å². The van der Waals surface area contributed by atoms with Crippen molar-refractivity contribution in [1.82, 2.24) is 0 Å². The van der Waals surface area contributed by atoms with Crippen molar-refractivity contribution in [3.63, 3.8) is 0 Å². The second-order valence-electron chi connectivity index (χ2n) is 3.25. The molecule has 1 nitrogen and oxygen atoms in total. The summed E-state index contributed by atoms with van der Waals surface area (Å²) in [7, 11) is 2.12. The van der Waals surface area contributed by atoms with Gasteiger partial charge in [-0.2, -0.15) is 0 Å². The van der Waals surface area contributed by atoms with E-state index in [0.717, 1.165) is 6.42 Å². The molecule has 0 amide bonds. The molecule has 0 aromatic heterocycles. The number of nitrogens with zero attached hydrogens (tertiary/aromatic N) is 1. The summed E-state index contributed by atoms with van der Waals surface area (Å²) in [5.41, 5.74) is 2.78. The number of fused-ring (bicyclic) bond motifs is 1. The zero-order chi connectivity index (χ0) is 8.55. The minimum atomic E-state index is 0.488. The van der Waals surface area contributed by atoms with Crippen LogP contribution in [0.1, 0.15) is 5.56 Å². The van der Waals surface area contributed by atoms with Crippen molar-refractivity contribution in [1.29, 1.82) is 0 Å². The van der Waals surface area contributed by atoms with Crippen LogP contribution in [0.25, 0.3) is 0 Å². The maximum absolute atomic E-state index is 3.83. The van der Waals surface area contributed by atoms with Crippen LogP contribution in [-0.4, -0.2) is 13.1 Å². The van der Waals surface area contributed by atoms with Gasteiger partial charge in [0.1, 0.15) is 0 Å². The van der Waals surface area contributed by atoms with Crippen molar-refractivity contribution in [3.8, 4) is 0 Å². The number of benzene rings is 1. The van der Waals surface area contributed by atoms with Crippen molar-refractivity contribution in [2.75, 3.05) is 11.9 Å². The van der Waals surface area contributed by atoms with Crippen LogP contribution >= 0.6 is 0 Å². The molecule has 1 aliphatic heterocycles. The highest BCUT2D eigenvalue weighted by molar-refractivity contribution is 5.59. The van der Waals surface area contributed by atoms with Crippen molar-refractivity contribution in [2.45, 2.75) is 12.5 Å². The topological polar surface area (TPSA) is 3.24 Å². The fourth-order valence-corrected chi connectivity index (χ4v) is 1.81. The molecule has 1 heterocycles. The Labute approximate surface area is 73.3 Å². The van der Waals surface area contributed by atoms with Crippen LogP contribution in [0.5, 0.6) is 0 Å². The Bertz CT molecular complexity index is 304. The van der Waals surface area contributed by atoms with Gasteiger partial charge in [-0.3, -0.25) is 0 Å². The van der Waals surface area contributed by atoms with Crippen LogP contribution in [0.15, 0.2) is 36.9 Å². The molecule has 2 rings (SSSR count). The fraction of sp³-hybridized carbons (Fsp3) is 0.273. The Morgan fingerprint density at radius 3 is 2.92 bits per heavy atom. The molecule has 0 bridgehead atoms. The van der Waals surface area contributed by atoms with Crippen LogP contribution < -0.4 is 4.90 Å². The Morgan fingerprint density at radius 2 is 2.25 bits per heavy atom. The van der Waals surface area contributed by atoms with E-state index in [1.807, 2.05) is 6.08 Å². The molecule has 0 aliphatic carbocycles. The van der Waals surface area contributed by atoms with Crippen molar-refractivity contribution >= 4 is 5.69 Å². The maximum atomic E-state index is 3.83. The Balaban J connectivity index is 2.41. The third-order valence-electron chi connectivity index (χ3n) is 2.57. The zero-order valence-electron chi connectivity index (χ0n) is 7.33. The maximum Gasteiger partial charge on any atom is 0.0508 e. The molecular formula is C11H13N. The molecule has 0 radical (unpaired) electrons. The number of anilines is 1.